The van der Waals surface area contributed by atoms with E-state index in [1.165, 1.54) is 25.7 Å². The van der Waals surface area contributed by atoms with Crippen molar-refractivity contribution < 1.29 is 0 Å². The molecule has 2 unspecified atom stereocenters. The Morgan fingerprint density at radius 3 is 2.74 bits per heavy atom. The van der Waals surface area contributed by atoms with Gasteiger partial charge < -0.3 is 10.6 Å². The third-order valence-corrected chi connectivity index (χ3v) is 4.52. The fraction of sp³-hybridized carbons (Fsp3) is 0.714. The van der Waals surface area contributed by atoms with E-state index >= 15 is 0 Å². The first-order valence-electron chi connectivity index (χ1n) is 7.23. The Morgan fingerprint density at radius 1 is 1.26 bits per heavy atom. The van der Waals surface area contributed by atoms with Crippen LogP contribution in [0.1, 0.15) is 46.0 Å². The highest BCUT2D eigenvalue weighted by Gasteiger charge is 2.22. The van der Waals surface area contributed by atoms with E-state index in [0.29, 0.717) is 12.0 Å². The molecule has 0 aromatic carbocycles. The number of hydrogen-bond donors (Lipinski definition) is 2. The lowest BCUT2D eigenvalue weighted by Crippen LogP contribution is -2.30. The minimum atomic E-state index is 0.527. The Hall–Kier alpha value is -0.840. The summed E-state index contributed by atoms with van der Waals surface area (Å²) in [6, 6.07) is 0.527. The molecular weight excluding hydrogens is 304 g/mol. The van der Waals surface area contributed by atoms with E-state index < -0.39 is 0 Å². The van der Waals surface area contributed by atoms with Crippen LogP contribution in [-0.4, -0.2) is 22.6 Å². The van der Waals surface area contributed by atoms with Crippen molar-refractivity contribution in [1.82, 2.24) is 9.97 Å². The van der Waals surface area contributed by atoms with Gasteiger partial charge in [-0.25, -0.2) is 9.97 Å². The van der Waals surface area contributed by atoms with Gasteiger partial charge in [-0.1, -0.05) is 26.7 Å². The highest BCUT2D eigenvalue weighted by atomic mass is 79.9. The molecule has 1 heterocycles. The van der Waals surface area contributed by atoms with E-state index in [1.54, 1.807) is 6.33 Å². The van der Waals surface area contributed by atoms with E-state index in [9.17, 15) is 0 Å². The molecule has 0 saturated heterocycles. The van der Waals surface area contributed by atoms with Crippen molar-refractivity contribution in [2.75, 3.05) is 17.2 Å². The molecule has 0 radical (unpaired) electrons. The molecule has 0 spiro atoms. The Kier molecular flexibility index (Phi) is 5.43. The number of nitrogens with zero attached hydrogens (tertiary/aromatic N) is 2. The van der Waals surface area contributed by atoms with Gasteiger partial charge in [-0.2, -0.15) is 0 Å². The molecule has 0 amide bonds. The second-order valence-electron chi connectivity index (χ2n) is 5.32. The summed E-state index contributed by atoms with van der Waals surface area (Å²) in [7, 11) is 0. The summed E-state index contributed by atoms with van der Waals surface area (Å²) < 4.78 is 0.946. The van der Waals surface area contributed by atoms with Gasteiger partial charge in [0.05, 0.1) is 0 Å². The predicted octanol–water partition coefficient (Wildman–Crippen LogP) is 4.05. The summed E-state index contributed by atoms with van der Waals surface area (Å²) in [5, 5.41) is 6.89. The number of rotatable bonds is 5. The van der Waals surface area contributed by atoms with Crippen LogP contribution in [0.4, 0.5) is 11.6 Å². The average Bonchev–Trinajstić information content (AvgIpc) is 2.42. The normalized spacial score (nSPS) is 23.1. The summed E-state index contributed by atoms with van der Waals surface area (Å²) in [4.78, 5) is 8.65. The quantitative estimate of drug-likeness (QED) is 0.856. The van der Waals surface area contributed by atoms with E-state index in [0.717, 1.165) is 29.1 Å². The van der Waals surface area contributed by atoms with Crippen molar-refractivity contribution in [3.63, 3.8) is 0 Å². The standard InChI is InChI=1S/C14H23BrN4/c1-3-8-16-13-12(15)14(18-9-17-13)19-11-7-5-4-6-10(11)2/h9-11H,3-8H2,1-2H3,(H2,16,17,18,19). The molecule has 1 aromatic rings. The van der Waals surface area contributed by atoms with Crippen LogP contribution in [0.25, 0.3) is 0 Å². The van der Waals surface area contributed by atoms with Gasteiger partial charge in [-0.15, -0.1) is 0 Å². The molecule has 2 rings (SSSR count). The number of anilines is 2. The van der Waals surface area contributed by atoms with Gasteiger partial charge in [0.1, 0.15) is 22.4 Å². The molecule has 0 bridgehead atoms. The SMILES string of the molecule is CCCNc1ncnc(NC2CCCCC2C)c1Br. The maximum absolute atomic E-state index is 4.37. The topological polar surface area (TPSA) is 49.8 Å². The van der Waals surface area contributed by atoms with E-state index in [1.807, 2.05) is 0 Å². The molecule has 106 valence electrons. The largest absolute Gasteiger partial charge is 0.369 e. The molecular formula is C14H23BrN4. The lowest BCUT2D eigenvalue weighted by Gasteiger charge is -2.30. The molecule has 2 N–H and O–H groups in total. The van der Waals surface area contributed by atoms with Crippen LogP contribution in [0, 0.1) is 5.92 Å². The smallest absolute Gasteiger partial charge is 0.146 e. The lowest BCUT2D eigenvalue weighted by atomic mass is 9.86. The van der Waals surface area contributed by atoms with Crippen LogP contribution in [-0.2, 0) is 0 Å². The molecule has 4 nitrogen and oxygen atoms in total. The highest BCUT2D eigenvalue weighted by Crippen LogP contribution is 2.31. The van der Waals surface area contributed by atoms with Crippen LogP contribution in [0.15, 0.2) is 10.8 Å². The zero-order valence-corrected chi connectivity index (χ0v) is 13.3. The Labute approximate surface area is 123 Å². The Bertz CT molecular complexity index is 410. The minimum Gasteiger partial charge on any atom is -0.369 e. The number of hydrogen-bond acceptors (Lipinski definition) is 4. The summed E-state index contributed by atoms with van der Waals surface area (Å²) in [6.07, 6.45) is 7.91. The van der Waals surface area contributed by atoms with Crippen LogP contribution < -0.4 is 10.6 Å². The van der Waals surface area contributed by atoms with E-state index in [4.69, 9.17) is 0 Å². The van der Waals surface area contributed by atoms with Gasteiger partial charge >= 0.3 is 0 Å². The Balaban J connectivity index is 2.07. The first kappa shape index (κ1) is 14.6. The first-order valence-corrected chi connectivity index (χ1v) is 8.02. The third kappa shape index (κ3) is 3.81. The molecule has 0 aliphatic heterocycles. The van der Waals surface area contributed by atoms with Gasteiger partial charge in [0.2, 0.25) is 0 Å². The number of halogens is 1. The molecule has 19 heavy (non-hydrogen) atoms. The molecule has 1 aliphatic rings. The predicted molar refractivity (Wildman–Crippen MR) is 83.6 cm³/mol. The van der Waals surface area contributed by atoms with Gasteiger partial charge in [-0.05, 0) is 41.1 Å². The van der Waals surface area contributed by atoms with Crippen LogP contribution in [0.2, 0.25) is 0 Å². The maximum atomic E-state index is 4.37. The molecule has 1 aromatic heterocycles. The monoisotopic (exact) mass is 326 g/mol. The number of nitrogens with one attached hydrogen (secondary N) is 2. The summed E-state index contributed by atoms with van der Waals surface area (Å²) in [6.45, 7) is 5.39. The summed E-state index contributed by atoms with van der Waals surface area (Å²) in [5.74, 6) is 2.50. The van der Waals surface area contributed by atoms with Gasteiger partial charge in [-0.3, -0.25) is 0 Å². The van der Waals surface area contributed by atoms with Crippen molar-refractivity contribution in [2.45, 2.75) is 52.0 Å². The molecule has 5 heteroatoms. The van der Waals surface area contributed by atoms with Crippen molar-refractivity contribution in [1.29, 1.82) is 0 Å². The van der Waals surface area contributed by atoms with E-state index in [-0.39, 0.29) is 0 Å². The van der Waals surface area contributed by atoms with Crippen molar-refractivity contribution >= 4 is 27.6 Å². The van der Waals surface area contributed by atoms with Crippen molar-refractivity contribution in [2.24, 2.45) is 5.92 Å². The molecule has 1 aliphatic carbocycles. The molecule has 1 saturated carbocycles. The summed E-state index contributed by atoms with van der Waals surface area (Å²) in [5.41, 5.74) is 0. The van der Waals surface area contributed by atoms with E-state index in [2.05, 4.69) is 50.4 Å². The fourth-order valence-corrected chi connectivity index (χ4v) is 3.00. The highest BCUT2D eigenvalue weighted by molar-refractivity contribution is 9.10. The van der Waals surface area contributed by atoms with Crippen molar-refractivity contribution in [3.05, 3.63) is 10.8 Å². The lowest BCUT2D eigenvalue weighted by molar-refractivity contribution is 0.349. The third-order valence-electron chi connectivity index (χ3n) is 3.77. The zero-order chi connectivity index (χ0) is 13.7. The maximum Gasteiger partial charge on any atom is 0.146 e. The summed E-state index contributed by atoms with van der Waals surface area (Å²) >= 11 is 3.61. The second kappa shape index (κ2) is 7.08. The van der Waals surface area contributed by atoms with Gasteiger partial charge in [0.25, 0.3) is 0 Å². The van der Waals surface area contributed by atoms with Gasteiger partial charge in [0.15, 0.2) is 0 Å². The molecule has 1 fully saturated rings. The van der Waals surface area contributed by atoms with Crippen LogP contribution in [0.5, 0.6) is 0 Å². The fourth-order valence-electron chi connectivity index (χ4n) is 2.54. The molecule has 2 atom stereocenters. The number of aromatic nitrogens is 2. The zero-order valence-electron chi connectivity index (χ0n) is 11.7. The first-order chi connectivity index (χ1) is 9.22. The van der Waals surface area contributed by atoms with Crippen LogP contribution in [0.3, 0.4) is 0 Å². The van der Waals surface area contributed by atoms with Crippen molar-refractivity contribution in [3.8, 4) is 0 Å². The van der Waals surface area contributed by atoms with Gasteiger partial charge in [0, 0.05) is 12.6 Å². The van der Waals surface area contributed by atoms with Crippen LogP contribution >= 0.6 is 15.9 Å². The average molecular weight is 327 g/mol. The minimum absolute atomic E-state index is 0.527. The Morgan fingerprint density at radius 2 is 2.00 bits per heavy atom. The second-order valence-corrected chi connectivity index (χ2v) is 6.12.